The average molecular weight is 312 g/mol. The molecule has 1 unspecified atom stereocenters. The molecular weight excluding hydrogens is 288 g/mol. The predicted octanol–water partition coefficient (Wildman–Crippen LogP) is 3.83. The van der Waals surface area contributed by atoms with Gasteiger partial charge in [0.15, 0.2) is 11.5 Å². The van der Waals surface area contributed by atoms with E-state index in [0.717, 1.165) is 24.6 Å². The fourth-order valence-corrected chi connectivity index (χ4v) is 3.43. The van der Waals surface area contributed by atoms with Crippen LogP contribution < -0.4 is 9.47 Å². The van der Waals surface area contributed by atoms with Crippen molar-refractivity contribution < 1.29 is 9.47 Å². The van der Waals surface area contributed by atoms with Crippen LogP contribution in [0.5, 0.6) is 11.5 Å². The summed E-state index contributed by atoms with van der Waals surface area (Å²) >= 11 is 0. The molecule has 2 aromatic rings. The van der Waals surface area contributed by atoms with E-state index in [1.54, 1.807) is 14.2 Å². The first-order valence-electron chi connectivity index (χ1n) is 8.17. The molecule has 1 saturated heterocycles. The number of aromatic nitrogens is 1. The van der Waals surface area contributed by atoms with Crippen molar-refractivity contribution in [3.8, 4) is 11.5 Å². The normalized spacial score (nSPS) is 18.6. The van der Waals surface area contributed by atoms with E-state index in [-0.39, 0.29) is 0 Å². The van der Waals surface area contributed by atoms with Gasteiger partial charge >= 0.3 is 0 Å². The largest absolute Gasteiger partial charge is 0.493 e. The minimum Gasteiger partial charge on any atom is -0.493 e. The molecule has 4 heteroatoms. The van der Waals surface area contributed by atoms with Crippen LogP contribution >= 0.6 is 0 Å². The molecule has 0 amide bonds. The second-order valence-corrected chi connectivity index (χ2v) is 5.92. The zero-order valence-electron chi connectivity index (χ0n) is 13.9. The van der Waals surface area contributed by atoms with Crippen molar-refractivity contribution in [2.24, 2.45) is 0 Å². The lowest BCUT2D eigenvalue weighted by Crippen LogP contribution is -2.33. The Morgan fingerprint density at radius 3 is 2.78 bits per heavy atom. The molecule has 0 N–H and O–H groups in total. The number of piperidine rings is 1. The van der Waals surface area contributed by atoms with E-state index in [2.05, 4.69) is 22.0 Å². The molecule has 0 bridgehead atoms. The molecule has 0 saturated carbocycles. The van der Waals surface area contributed by atoms with E-state index in [0.29, 0.717) is 6.04 Å². The van der Waals surface area contributed by atoms with Gasteiger partial charge in [-0.3, -0.25) is 9.88 Å². The third-order valence-corrected chi connectivity index (χ3v) is 4.54. The number of pyridine rings is 1. The molecule has 4 nitrogen and oxygen atoms in total. The van der Waals surface area contributed by atoms with Gasteiger partial charge in [-0.2, -0.15) is 0 Å². The first-order chi connectivity index (χ1) is 11.3. The van der Waals surface area contributed by atoms with Crippen molar-refractivity contribution in [3.63, 3.8) is 0 Å². The molecular formula is C19H24N2O2. The van der Waals surface area contributed by atoms with Crippen LogP contribution in [-0.2, 0) is 6.54 Å². The van der Waals surface area contributed by atoms with Crippen LogP contribution in [0, 0.1) is 0 Å². The standard InChI is InChI=1S/C19H24N2O2/c1-22-18-10-5-7-16(19(18)23-2)14-21-12-4-3-9-17(21)15-8-6-11-20-13-15/h5-8,10-11,13,17H,3-4,9,12,14H2,1-2H3. The fraction of sp³-hybridized carbons (Fsp3) is 0.421. The number of likely N-dealkylation sites (tertiary alicyclic amines) is 1. The van der Waals surface area contributed by atoms with Crippen LogP contribution in [0.1, 0.15) is 36.4 Å². The van der Waals surface area contributed by atoms with Gasteiger partial charge in [-0.05, 0) is 37.1 Å². The zero-order valence-corrected chi connectivity index (χ0v) is 13.9. The van der Waals surface area contributed by atoms with Crippen molar-refractivity contribution in [2.45, 2.75) is 31.8 Å². The monoisotopic (exact) mass is 312 g/mol. The minimum atomic E-state index is 0.424. The Morgan fingerprint density at radius 2 is 2.04 bits per heavy atom. The SMILES string of the molecule is COc1cccc(CN2CCCCC2c2cccnc2)c1OC. The van der Waals surface area contributed by atoms with E-state index in [1.165, 1.54) is 30.4 Å². The summed E-state index contributed by atoms with van der Waals surface area (Å²) in [5.74, 6) is 1.63. The number of ether oxygens (including phenoxy) is 2. The fourth-order valence-electron chi connectivity index (χ4n) is 3.43. The second kappa shape index (κ2) is 7.47. The molecule has 122 valence electrons. The summed E-state index contributed by atoms with van der Waals surface area (Å²) < 4.78 is 11.0. The van der Waals surface area contributed by atoms with Crippen LogP contribution in [0.2, 0.25) is 0 Å². The van der Waals surface area contributed by atoms with Gasteiger partial charge in [-0.15, -0.1) is 0 Å². The van der Waals surface area contributed by atoms with Crippen molar-refractivity contribution in [2.75, 3.05) is 20.8 Å². The van der Waals surface area contributed by atoms with Crippen LogP contribution in [0.15, 0.2) is 42.7 Å². The van der Waals surface area contributed by atoms with Crippen LogP contribution in [-0.4, -0.2) is 30.6 Å². The number of rotatable bonds is 5. The topological polar surface area (TPSA) is 34.6 Å². The Kier molecular flexibility index (Phi) is 5.13. The first-order valence-corrected chi connectivity index (χ1v) is 8.17. The molecule has 1 aromatic carbocycles. The van der Waals surface area contributed by atoms with Gasteiger partial charge in [-0.1, -0.05) is 24.6 Å². The Morgan fingerprint density at radius 1 is 1.13 bits per heavy atom. The summed E-state index contributed by atoms with van der Waals surface area (Å²) in [5, 5.41) is 0. The highest BCUT2D eigenvalue weighted by Gasteiger charge is 2.25. The molecule has 1 aliphatic rings. The van der Waals surface area contributed by atoms with Crippen molar-refractivity contribution >= 4 is 0 Å². The maximum absolute atomic E-state index is 5.59. The van der Waals surface area contributed by atoms with Crippen LogP contribution in [0.4, 0.5) is 0 Å². The van der Waals surface area contributed by atoms with Crippen molar-refractivity contribution in [1.29, 1.82) is 0 Å². The Balaban J connectivity index is 1.85. The third kappa shape index (κ3) is 3.48. The summed E-state index contributed by atoms with van der Waals surface area (Å²) in [7, 11) is 3.39. The number of nitrogens with zero attached hydrogens (tertiary/aromatic N) is 2. The molecule has 1 atom stereocenters. The number of benzene rings is 1. The van der Waals surface area contributed by atoms with Crippen LogP contribution in [0.3, 0.4) is 0 Å². The quantitative estimate of drug-likeness (QED) is 0.840. The Bertz CT molecular complexity index is 631. The summed E-state index contributed by atoms with van der Waals surface area (Å²) in [6, 6.07) is 10.7. The molecule has 3 rings (SSSR count). The maximum atomic E-state index is 5.59. The maximum Gasteiger partial charge on any atom is 0.165 e. The molecule has 0 aliphatic carbocycles. The highest BCUT2D eigenvalue weighted by atomic mass is 16.5. The molecule has 23 heavy (non-hydrogen) atoms. The lowest BCUT2D eigenvalue weighted by atomic mass is 9.95. The van der Waals surface area contributed by atoms with E-state index in [1.807, 2.05) is 30.6 Å². The average Bonchev–Trinajstić information content (AvgIpc) is 2.62. The van der Waals surface area contributed by atoms with Crippen molar-refractivity contribution in [1.82, 2.24) is 9.88 Å². The van der Waals surface area contributed by atoms with Crippen molar-refractivity contribution in [3.05, 3.63) is 53.9 Å². The van der Waals surface area contributed by atoms with Gasteiger partial charge in [-0.25, -0.2) is 0 Å². The summed E-state index contributed by atoms with van der Waals surface area (Å²) in [4.78, 5) is 6.82. The first kappa shape index (κ1) is 15.8. The zero-order chi connectivity index (χ0) is 16.1. The molecule has 2 heterocycles. The highest BCUT2D eigenvalue weighted by Crippen LogP contribution is 2.36. The van der Waals surface area contributed by atoms with Gasteiger partial charge in [0.1, 0.15) is 0 Å². The van der Waals surface area contributed by atoms with Gasteiger partial charge < -0.3 is 9.47 Å². The number of hydrogen-bond donors (Lipinski definition) is 0. The van der Waals surface area contributed by atoms with E-state index >= 15 is 0 Å². The number of hydrogen-bond acceptors (Lipinski definition) is 4. The summed E-state index contributed by atoms with van der Waals surface area (Å²) in [6.07, 6.45) is 7.51. The molecule has 1 aromatic heterocycles. The molecule has 0 radical (unpaired) electrons. The smallest absolute Gasteiger partial charge is 0.165 e. The second-order valence-electron chi connectivity index (χ2n) is 5.92. The van der Waals surface area contributed by atoms with E-state index in [4.69, 9.17) is 9.47 Å². The van der Waals surface area contributed by atoms with Gasteiger partial charge in [0, 0.05) is 30.5 Å². The van der Waals surface area contributed by atoms with Gasteiger partial charge in [0.2, 0.25) is 0 Å². The van der Waals surface area contributed by atoms with Gasteiger partial charge in [0.25, 0.3) is 0 Å². The minimum absolute atomic E-state index is 0.424. The van der Waals surface area contributed by atoms with E-state index in [9.17, 15) is 0 Å². The van der Waals surface area contributed by atoms with Gasteiger partial charge in [0.05, 0.1) is 14.2 Å². The number of methoxy groups -OCH3 is 2. The Hall–Kier alpha value is -2.07. The summed E-state index contributed by atoms with van der Waals surface area (Å²) in [6.45, 7) is 1.96. The summed E-state index contributed by atoms with van der Waals surface area (Å²) in [5.41, 5.74) is 2.47. The number of para-hydroxylation sites is 1. The van der Waals surface area contributed by atoms with E-state index < -0.39 is 0 Å². The Labute approximate surface area is 138 Å². The van der Waals surface area contributed by atoms with Crippen LogP contribution in [0.25, 0.3) is 0 Å². The molecule has 1 fully saturated rings. The lowest BCUT2D eigenvalue weighted by Gasteiger charge is -2.36. The third-order valence-electron chi connectivity index (χ3n) is 4.54. The highest BCUT2D eigenvalue weighted by molar-refractivity contribution is 5.46. The molecule has 1 aliphatic heterocycles. The predicted molar refractivity (Wildman–Crippen MR) is 90.8 cm³/mol. The lowest BCUT2D eigenvalue weighted by molar-refractivity contribution is 0.138. The molecule has 0 spiro atoms.